The van der Waals surface area contributed by atoms with Gasteiger partial charge < -0.3 is 4.98 Å². The van der Waals surface area contributed by atoms with Crippen molar-refractivity contribution in [2.45, 2.75) is 58.2 Å². The highest BCUT2D eigenvalue weighted by atomic mass is 127. The number of rotatable bonds is 4. The molecular formula is C16H24ClIN2Si. The highest BCUT2D eigenvalue weighted by Crippen LogP contribution is 2.43. The van der Waals surface area contributed by atoms with Gasteiger partial charge in [0.2, 0.25) is 0 Å². The normalized spacial score (nSPS) is 13.1. The van der Waals surface area contributed by atoms with E-state index in [9.17, 15) is 0 Å². The Kier molecular flexibility index (Phi) is 5.10. The van der Waals surface area contributed by atoms with Crippen molar-refractivity contribution < 1.29 is 0 Å². The van der Waals surface area contributed by atoms with E-state index in [4.69, 9.17) is 11.6 Å². The molecule has 2 aromatic rings. The molecule has 1 N–H and O–H groups in total. The second kappa shape index (κ2) is 6.20. The van der Waals surface area contributed by atoms with E-state index in [-0.39, 0.29) is 0 Å². The molecule has 116 valence electrons. The van der Waals surface area contributed by atoms with Crippen LogP contribution in [0.15, 0.2) is 12.4 Å². The molecule has 2 rings (SSSR count). The molecule has 0 aliphatic rings. The van der Waals surface area contributed by atoms with Gasteiger partial charge in [-0.15, -0.1) is 0 Å². The minimum absolute atomic E-state index is 0.630. The van der Waals surface area contributed by atoms with E-state index in [1.165, 1.54) is 5.19 Å². The number of pyridine rings is 1. The second-order valence-electron chi connectivity index (χ2n) is 6.74. The molecule has 0 unspecified atom stereocenters. The van der Waals surface area contributed by atoms with Crippen molar-refractivity contribution in [1.82, 2.24) is 9.97 Å². The van der Waals surface area contributed by atoms with Crippen LogP contribution in [0.1, 0.15) is 41.5 Å². The smallest absolute Gasteiger partial charge is 0.139 e. The van der Waals surface area contributed by atoms with Crippen LogP contribution >= 0.6 is 34.2 Å². The van der Waals surface area contributed by atoms with E-state index >= 15 is 0 Å². The number of halogens is 2. The summed E-state index contributed by atoms with van der Waals surface area (Å²) in [6, 6.07) is 0. The zero-order valence-electron chi connectivity index (χ0n) is 13.6. The van der Waals surface area contributed by atoms with Crippen LogP contribution in [0, 0.1) is 3.57 Å². The molecule has 0 spiro atoms. The Hall–Kier alpha value is -0.0731. The molecule has 0 amide bonds. The lowest BCUT2D eigenvalue weighted by Crippen LogP contribution is -2.56. The lowest BCUT2D eigenvalue weighted by atomic mass is 10.3. The first-order valence-electron chi connectivity index (χ1n) is 7.56. The number of hydrogen-bond donors (Lipinski definition) is 1. The molecule has 0 saturated carbocycles. The van der Waals surface area contributed by atoms with E-state index in [1.54, 1.807) is 0 Å². The van der Waals surface area contributed by atoms with Crippen molar-refractivity contribution in [3.63, 3.8) is 0 Å². The van der Waals surface area contributed by atoms with Crippen molar-refractivity contribution in [3.8, 4) is 0 Å². The summed E-state index contributed by atoms with van der Waals surface area (Å²) >= 11 is 9.21. The fourth-order valence-corrected chi connectivity index (χ4v) is 12.5. The first-order chi connectivity index (χ1) is 9.74. The van der Waals surface area contributed by atoms with Crippen LogP contribution in [0.2, 0.25) is 21.6 Å². The minimum Gasteiger partial charge on any atom is -0.345 e. The summed E-state index contributed by atoms with van der Waals surface area (Å²) in [5.74, 6) is 0. The molecule has 21 heavy (non-hydrogen) atoms. The van der Waals surface area contributed by atoms with Gasteiger partial charge in [-0.25, -0.2) is 4.98 Å². The van der Waals surface area contributed by atoms with Gasteiger partial charge >= 0.3 is 0 Å². The van der Waals surface area contributed by atoms with Crippen LogP contribution in [0.25, 0.3) is 11.0 Å². The molecule has 0 aliphatic heterocycles. The summed E-state index contributed by atoms with van der Waals surface area (Å²) in [4.78, 5) is 7.87. The van der Waals surface area contributed by atoms with E-state index in [1.807, 2.05) is 12.4 Å². The molecule has 0 saturated heterocycles. The standard InChI is InChI=1S/C16H24ClIN2Si/c1-9(2)21(10(3)4,11(5)6)13-8-20-16-14(15(13)17)12(18)7-19-16/h7-11H,1-6H3,(H,19,20). The monoisotopic (exact) mass is 434 g/mol. The van der Waals surface area contributed by atoms with Gasteiger partial charge in [-0.3, -0.25) is 0 Å². The number of hydrogen-bond acceptors (Lipinski definition) is 1. The Bertz CT molecular complexity index is 627. The summed E-state index contributed by atoms with van der Waals surface area (Å²) < 4.78 is 1.15. The minimum atomic E-state index is -1.77. The van der Waals surface area contributed by atoms with E-state index in [0.717, 1.165) is 19.6 Å². The first kappa shape index (κ1) is 17.3. The molecule has 0 aromatic carbocycles. The van der Waals surface area contributed by atoms with E-state index in [0.29, 0.717) is 16.6 Å². The topological polar surface area (TPSA) is 28.7 Å². The second-order valence-corrected chi connectivity index (χ2v) is 14.2. The summed E-state index contributed by atoms with van der Waals surface area (Å²) in [6.45, 7) is 14.1. The average molecular weight is 435 g/mol. The zero-order valence-corrected chi connectivity index (χ0v) is 17.5. The molecule has 5 heteroatoms. The lowest BCUT2D eigenvalue weighted by Gasteiger charge is -2.43. The van der Waals surface area contributed by atoms with E-state index < -0.39 is 8.07 Å². The number of aromatic nitrogens is 2. The SMILES string of the molecule is CC(C)[Si](c1cnc2[nH]cc(I)c2c1Cl)(C(C)C)C(C)C. The largest absolute Gasteiger partial charge is 0.345 e. The number of nitrogens with zero attached hydrogens (tertiary/aromatic N) is 1. The molecular weight excluding hydrogens is 411 g/mol. The zero-order chi connectivity index (χ0) is 15.9. The van der Waals surface area contributed by atoms with Crippen LogP contribution in [0.5, 0.6) is 0 Å². The number of nitrogens with one attached hydrogen (secondary N) is 1. The molecule has 0 bridgehead atoms. The summed E-state index contributed by atoms with van der Waals surface area (Å²) in [5.41, 5.74) is 2.79. The van der Waals surface area contributed by atoms with Crippen molar-refractivity contribution in [3.05, 3.63) is 21.0 Å². The Morgan fingerprint density at radius 3 is 2.10 bits per heavy atom. The number of aromatic amines is 1. The summed E-state index contributed by atoms with van der Waals surface area (Å²) in [7, 11) is -1.77. The molecule has 2 aromatic heterocycles. The highest BCUT2D eigenvalue weighted by molar-refractivity contribution is 14.1. The molecule has 0 radical (unpaired) electrons. The van der Waals surface area contributed by atoms with Gasteiger partial charge in [-0.05, 0) is 44.4 Å². The lowest BCUT2D eigenvalue weighted by molar-refractivity contribution is 0.834. The maximum atomic E-state index is 6.87. The quantitative estimate of drug-likeness (QED) is 0.485. The fraction of sp³-hybridized carbons (Fsp3) is 0.562. The predicted octanol–water partition coefficient (Wildman–Crippen LogP) is 5.71. The third-order valence-corrected chi connectivity index (χ3v) is 13.4. The highest BCUT2D eigenvalue weighted by Gasteiger charge is 2.46. The number of fused-ring (bicyclic) bond motifs is 1. The first-order valence-corrected chi connectivity index (χ1v) is 11.2. The molecule has 2 nitrogen and oxygen atoms in total. The van der Waals surface area contributed by atoms with Gasteiger partial charge in [0.05, 0.1) is 18.5 Å². The van der Waals surface area contributed by atoms with Gasteiger partial charge in [0, 0.05) is 16.0 Å². The maximum absolute atomic E-state index is 6.87. The molecule has 0 atom stereocenters. The average Bonchev–Trinajstić information content (AvgIpc) is 2.74. The van der Waals surface area contributed by atoms with Crippen LogP contribution in [-0.2, 0) is 0 Å². The molecule has 2 heterocycles. The maximum Gasteiger partial charge on any atom is 0.139 e. The van der Waals surface area contributed by atoms with Gasteiger partial charge in [0.1, 0.15) is 5.65 Å². The Morgan fingerprint density at radius 2 is 1.62 bits per heavy atom. The fourth-order valence-electron chi connectivity index (χ4n) is 4.26. The van der Waals surface area contributed by atoms with Crippen LogP contribution in [-0.4, -0.2) is 18.0 Å². The number of H-pyrrole nitrogens is 1. The van der Waals surface area contributed by atoms with Crippen molar-refractivity contribution >= 4 is 58.5 Å². The Labute approximate surface area is 147 Å². The van der Waals surface area contributed by atoms with Crippen LogP contribution < -0.4 is 5.19 Å². The van der Waals surface area contributed by atoms with Crippen LogP contribution in [0.3, 0.4) is 0 Å². The van der Waals surface area contributed by atoms with Crippen molar-refractivity contribution in [1.29, 1.82) is 0 Å². The Balaban J connectivity index is 2.83. The summed E-state index contributed by atoms with van der Waals surface area (Å²) in [5, 5.41) is 3.34. The van der Waals surface area contributed by atoms with Crippen molar-refractivity contribution in [2.75, 3.05) is 0 Å². The van der Waals surface area contributed by atoms with Gasteiger partial charge in [-0.2, -0.15) is 0 Å². The predicted molar refractivity (Wildman–Crippen MR) is 105 cm³/mol. The van der Waals surface area contributed by atoms with Gasteiger partial charge in [-0.1, -0.05) is 53.1 Å². The van der Waals surface area contributed by atoms with E-state index in [2.05, 4.69) is 74.1 Å². The summed E-state index contributed by atoms with van der Waals surface area (Å²) in [6.07, 6.45) is 4.03. The molecule has 0 aliphatic carbocycles. The van der Waals surface area contributed by atoms with Crippen LogP contribution in [0.4, 0.5) is 0 Å². The molecule has 0 fully saturated rings. The Morgan fingerprint density at radius 1 is 1.10 bits per heavy atom. The van der Waals surface area contributed by atoms with Crippen molar-refractivity contribution in [2.24, 2.45) is 0 Å². The van der Waals surface area contributed by atoms with Gasteiger partial charge in [0.25, 0.3) is 0 Å². The third-order valence-electron chi connectivity index (χ3n) is 4.92. The third kappa shape index (κ3) is 2.57. The van der Waals surface area contributed by atoms with Gasteiger partial charge in [0.15, 0.2) is 0 Å².